The SMILES string of the molecule is CC(=O)[C@@H](Br)c1cc(Cl)cc(Cl)c1. The van der Waals surface area contributed by atoms with Gasteiger partial charge in [-0.25, -0.2) is 0 Å². The summed E-state index contributed by atoms with van der Waals surface area (Å²) in [7, 11) is 0. The van der Waals surface area contributed by atoms with E-state index in [4.69, 9.17) is 23.2 Å². The number of halogens is 3. The maximum Gasteiger partial charge on any atom is 0.147 e. The van der Waals surface area contributed by atoms with E-state index < -0.39 is 0 Å². The van der Waals surface area contributed by atoms with Gasteiger partial charge in [-0.1, -0.05) is 39.1 Å². The number of hydrogen-bond acceptors (Lipinski definition) is 1. The lowest BCUT2D eigenvalue weighted by molar-refractivity contribution is -0.116. The summed E-state index contributed by atoms with van der Waals surface area (Å²) in [5, 5.41) is 1.07. The van der Waals surface area contributed by atoms with Crippen molar-refractivity contribution in [1.29, 1.82) is 0 Å². The van der Waals surface area contributed by atoms with E-state index in [1.165, 1.54) is 6.92 Å². The van der Waals surface area contributed by atoms with Crippen molar-refractivity contribution in [3.8, 4) is 0 Å². The van der Waals surface area contributed by atoms with Gasteiger partial charge in [0.15, 0.2) is 0 Å². The molecule has 70 valence electrons. The molecule has 4 heteroatoms. The second-order valence-corrected chi connectivity index (χ2v) is 4.46. The fourth-order valence-electron chi connectivity index (χ4n) is 0.956. The Bertz CT molecular complexity index is 318. The molecule has 0 aliphatic rings. The number of carbonyl (C=O) groups excluding carboxylic acids is 1. The molecule has 0 aromatic heterocycles. The molecule has 0 aliphatic heterocycles. The maximum atomic E-state index is 11.0. The van der Waals surface area contributed by atoms with Crippen LogP contribution in [0.3, 0.4) is 0 Å². The standard InChI is InChI=1S/C9H7BrCl2O/c1-5(13)9(10)6-2-7(11)4-8(12)3-6/h2-4,9H,1H3/t9-/m1/s1. The molecular formula is C9H7BrCl2O. The van der Waals surface area contributed by atoms with Gasteiger partial charge < -0.3 is 0 Å². The fourth-order valence-corrected chi connectivity index (χ4v) is 1.76. The largest absolute Gasteiger partial charge is 0.298 e. The average Bonchev–Trinajstić information content (AvgIpc) is 2.01. The van der Waals surface area contributed by atoms with Crippen molar-refractivity contribution < 1.29 is 4.79 Å². The Morgan fingerprint density at radius 2 is 1.77 bits per heavy atom. The van der Waals surface area contributed by atoms with E-state index in [2.05, 4.69) is 15.9 Å². The Hall–Kier alpha value is -0.0500. The van der Waals surface area contributed by atoms with Gasteiger partial charge in [-0.05, 0) is 30.7 Å². The van der Waals surface area contributed by atoms with E-state index >= 15 is 0 Å². The van der Waals surface area contributed by atoms with Crippen molar-refractivity contribution in [2.45, 2.75) is 11.8 Å². The number of alkyl halides is 1. The third-order valence-electron chi connectivity index (χ3n) is 1.53. The number of rotatable bonds is 2. The summed E-state index contributed by atoms with van der Waals surface area (Å²) in [5.41, 5.74) is 0.782. The molecule has 0 radical (unpaired) electrons. The van der Waals surface area contributed by atoms with Crippen LogP contribution in [0.25, 0.3) is 0 Å². The van der Waals surface area contributed by atoms with Crippen LogP contribution in [-0.4, -0.2) is 5.78 Å². The second-order valence-electron chi connectivity index (χ2n) is 2.68. The molecule has 0 bridgehead atoms. The molecule has 0 amide bonds. The van der Waals surface area contributed by atoms with Crippen LogP contribution in [0.1, 0.15) is 17.3 Å². The van der Waals surface area contributed by atoms with Gasteiger partial charge in [0.1, 0.15) is 5.78 Å². The normalized spacial score (nSPS) is 12.6. The molecular weight excluding hydrogens is 275 g/mol. The van der Waals surface area contributed by atoms with Crippen LogP contribution >= 0.6 is 39.1 Å². The molecule has 0 N–H and O–H groups in total. The van der Waals surface area contributed by atoms with E-state index in [0.717, 1.165) is 5.56 Å². The van der Waals surface area contributed by atoms with Crippen LogP contribution in [0.2, 0.25) is 10.0 Å². The molecule has 1 rings (SSSR count). The van der Waals surface area contributed by atoms with Crippen LogP contribution in [0, 0.1) is 0 Å². The van der Waals surface area contributed by atoms with E-state index in [1.54, 1.807) is 18.2 Å². The smallest absolute Gasteiger partial charge is 0.147 e. The minimum absolute atomic E-state index is 0.0262. The van der Waals surface area contributed by atoms with E-state index in [0.29, 0.717) is 10.0 Å². The predicted molar refractivity (Wildman–Crippen MR) is 58.8 cm³/mol. The molecule has 1 aromatic carbocycles. The van der Waals surface area contributed by atoms with Gasteiger partial charge in [0.05, 0.1) is 4.83 Å². The first-order valence-corrected chi connectivity index (χ1v) is 5.28. The van der Waals surface area contributed by atoms with Crippen LogP contribution in [0.5, 0.6) is 0 Å². The lowest BCUT2D eigenvalue weighted by Crippen LogP contribution is -2.00. The Kier molecular flexibility index (Phi) is 3.77. The summed E-state index contributed by atoms with van der Waals surface area (Å²) in [5.74, 6) is 0.0262. The third-order valence-corrected chi connectivity index (χ3v) is 3.14. The molecule has 0 saturated heterocycles. The molecule has 1 atom stereocenters. The molecule has 1 nitrogen and oxygen atoms in total. The van der Waals surface area contributed by atoms with Crippen molar-refractivity contribution in [3.05, 3.63) is 33.8 Å². The predicted octanol–water partition coefficient (Wildman–Crippen LogP) is 4.02. The van der Waals surface area contributed by atoms with Crippen molar-refractivity contribution in [3.63, 3.8) is 0 Å². The number of benzene rings is 1. The summed E-state index contributed by atoms with van der Waals surface area (Å²) < 4.78 is 0. The summed E-state index contributed by atoms with van der Waals surface area (Å²) in [4.78, 5) is 10.7. The first-order chi connectivity index (χ1) is 6.00. The minimum Gasteiger partial charge on any atom is -0.298 e. The highest BCUT2D eigenvalue weighted by Crippen LogP contribution is 2.28. The highest BCUT2D eigenvalue weighted by Gasteiger charge is 2.13. The van der Waals surface area contributed by atoms with E-state index in [-0.39, 0.29) is 10.6 Å². The summed E-state index contributed by atoms with van der Waals surface area (Å²) in [6.45, 7) is 1.51. The molecule has 13 heavy (non-hydrogen) atoms. The molecule has 0 unspecified atom stereocenters. The number of hydrogen-bond donors (Lipinski definition) is 0. The lowest BCUT2D eigenvalue weighted by Gasteiger charge is -2.06. The van der Waals surface area contributed by atoms with Crippen LogP contribution < -0.4 is 0 Å². The Labute approximate surface area is 95.2 Å². The minimum atomic E-state index is -0.330. The van der Waals surface area contributed by atoms with Crippen LogP contribution in [0.15, 0.2) is 18.2 Å². The quantitative estimate of drug-likeness (QED) is 0.749. The molecule has 0 aliphatic carbocycles. The molecule has 0 fully saturated rings. The van der Waals surface area contributed by atoms with Gasteiger partial charge in [-0.2, -0.15) is 0 Å². The van der Waals surface area contributed by atoms with Crippen molar-refractivity contribution in [2.75, 3.05) is 0 Å². The van der Waals surface area contributed by atoms with Crippen LogP contribution in [-0.2, 0) is 4.79 Å². The molecule has 0 spiro atoms. The topological polar surface area (TPSA) is 17.1 Å². The maximum absolute atomic E-state index is 11.0. The highest BCUT2D eigenvalue weighted by molar-refractivity contribution is 9.09. The first-order valence-electron chi connectivity index (χ1n) is 3.61. The van der Waals surface area contributed by atoms with Gasteiger partial charge in [-0.15, -0.1) is 0 Å². The second kappa shape index (κ2) is 4.45. The summed E-state index contributed by atoms with van der Waals surface area (Å²) in [6.07, 6.45) is 0. The lowest BCUT2D eigenvalue weighted by atomic mass is 10.1. The molecule has 0 heterocycles. The number of carbonyl (C=O) groups is 1. The zero-order valence-corrected chi connectivity index (χ0v) is 9.95. The third kappa shape index (κ3) is 2.97. The van der Waals surface area contributed by atoms with Gasteiger partial charge >= 0.3 is 0 Å². The van der Waals surface area contributed by atoms with Gasteiger partial charge in [-0.3, -0.25) is 4.79 Å². The Balaban J connectivity index is 3.07. The van der Waals surface area contributed by atoms with Gasteiger partial charge in [0, 0.05) is 10.0 Å². The zero-order valence-electron chi connectivity index (χ0n) is 6.85. The monoisotopic (exact) mass is 280 g/mol. The Morgan fingerprint density at radius 1 is 1.31 bits per heavy atom. The average molecular weight is 282 g/mol. The zero-order chi connectivity index (χ0) is 10.0. The Morgan fingerprint density at radius 3 is 2.15 bits per heavy atom. The van der Waals surface area contributed by atoms with Crippen molar-refractivity contribution >= 4 is 44.9 Å². The fraction of sp³-hybridized carbons (Fsp3) is 0.222. The highest BCUT2D eigenvalue weighted by atomic mass is 79.9. The number of ketones is 1. The van der Waals surface area contributed by atoms with Gasteiger partial charge in [0.25, 0.3) is 0 Å². The molecule has 1 aromatic rings. The summed E-state index contributed by atoms with van der Waals surface area (Å²) >= 11 is 14.8. The first kappa shape index (κ1) is 11.0. The van der Waals surface area contributed by atoms with Gasteiger partial charge in [0.2, 0.25) is 0 Å². The number of Topliss-reactive ketones (excluding diaryl/α,β-unsaturated/α-hetero) is 1. The van der Waals surface area contributed by atoms with Crippen molar-refractivity contribution in [1.82, 2.24) is 0 Å². The molecule has 0 saturated carbocycles. The van der Waals surface area contributed by atoms with Crippen molar-refractivity contribution in [2.24, 2.45) is 0 Å². The van der Waals surface area contributed by atoms with E-state index in [1.807, 2.05) is 0 Å². The van der Waals surface area contributed by atoms with Crippen LogP contribution in [0.4, 0.5) is 0 Å². The summed E-state index contributed by atoms with van der Waals surface area (Å²) in [6, 6.07) is 5.06. The van der Waals surface area contributed by atoms with E-state index in [9.17, 15) is 4.79 Å².